The molecule has 4 nitrogen and oxygen atoms in total. The molecule has 2 N–H and O–H groups in total. The van der Waals surface area contributed by atoms with Crippen LogP contribution in [0.15, 0.2) is 78.9 Å². The third-order valence-electron chi connectivity index (χ3n) is 6.45. The summed E-state index contributed by atoms with van der Waals surface area (Å²) in [6.07, 6.45) is 0.0781. The Kier molecular flexibility index (Phi) is 9.08. The zero-order valence-electron chi connectivity index (χ0n) is 20.6. The fourth-order valence-electron chi connectivity index (χ4n) is 4.46. The number of carboxylic acids is 1. The molecule has 188 valence electrons. The molecule has 0 saturated heterocycles. The number of hydrogen-bond donors (Lipinski definition) is 2. The third kappa shape index (κ3) is 6.23. The van der Waals surface area contributed by atoms with Crippen LogP contribution in [0.3, 0.4) is 0 Å². The van der Waals surface area contributed by atoms with Crippen LogP contribution in [-0.2, 0) is 11.2 Å². The molecule has 2 atom stereocenters. The number of carboxylic acid groups (broad SMARTS) is 1. The van der Waals surface area contributed by atoms with Crippen molar-refractivity contribution in [2.75, 3.05) is 7.11 Å². The lowest BCUT2D eigenvalue weighted by molar-refractivity contribution is -0.136. The Labute approximate surface area is 217 Å². The van der Waals surface area contributed by atoms with Gasteiger partial charge < -0.3 is 15.2 Å². The molecule has 0 spiro atoms. The van der Waals surface area contributed by atoms with E-state index in [1.165, 1.54) is 6.07 Å². The SMILES string of the molecule is COc1cccc([C@@H](C)NC(C)c2cc(-c3ccc(CCC(=O)O)c(F)c3)c3ccccc3c2)c1.Cl. The maximum absolute atomic E-state index is 14.9. The van der Waals surface area contributed by atoms with Gasteiger partial charge in [-0.3, -0.25) is 4.79 Å². The summed E-state index contributed by atoms with van der Waals surface area (Å²) < 4.78 is 20.2. The van der Waals surface area contributed by atoms with E-state index in [0.717, 1.165) is 38.8 Å². The summed E-state index contributed by atoms with van der Waals surface area (Å²) in [6.45, 7) is 4.25. The monoisotopic (exact) mass is 507 g/mol. The van der Waals surface area contributed by atoms with E-state index in [4.69, 9.17) is 9.84 Å². The van der Waals surface area contributed by atoms with Gasteiger partial charge in [-0.05, 0) is 89.2 Å². The Morgan fingerprint density at radius 2 is 1.69 bits per heavy atom. The second-order valence-corrected chi connectivity index (χ2v) is 8.88. The van der Waals surface area contributed by atoms with Crippen LogP contribution < -0.4 is 10.1 Å². The van der Waals surface area contributed by atoms with Crippen LogP contribution in [0.2, 0.25) is 0 Å². The first kappa shape index (κ1) is 27.2. The van der Waals surface area contributed by atoms with Gasteiger partial charge in [0.05, 0.1) is 7.11 Å². The lowest BCUT2D eigenvalue weighted by atomic mass is 9.92. The quantitative estimate of drug-likeness (QED) is 0.246. The van der Waals surface area contributed by atoms with E-state index >= 15 is 0 Å². The normalized spacial score (nSPS) is 12.6. The van der Waals surface area contributed by atoms with Crippen LogP contribution in [0.25, 0.3) is 21.9 Å². The van der Waals surface area contributed by atoms with E-state index < -0.39 is 5.97 Å². The van der Waals surface area contributed by atoms with Crippen molar-refractivity contribution >= 4 is 29.1 Å². The molecule has 36 heavy (non-hydrogen) atoms. The standard InChI is InChI=1S/C30H30FNO3.ClH/c1-19(22-8-6-9-26(16-22)35-3)32-20(2)25-15-23-7-4-5-10-27(23)28(17-25)24-12-11-21(29(31)18-24)13-14-30(33)34;/h4-12,15-20,32H,13-14H2,1-3H3,(H,33,34);1H/t19-,20?;/m1./s1. The van der Waals surface area contributed by atoms with Crippen molar-refractivity contribution in [2.45, 2.75) is 38.8 Å². The Bertz CT molecular complexity index is 1360. The summed E-state index contributed by atoms with van der Waals surface area (Å²) >= 11 is 0. The third-order valence-corrected chi connectivity index (χ3v) is 6.45. The van der Waals surface area contributed by atoms with E-state index in [1.54, 1.807) is 13.2 Å². The summed E-state index contributed by atoms with van der Waals surface area (Å²) in [4.78, 5) is 10.9. The van der Waals surface area contributed by atoms with Crippen LogP contribution in [0.4, 0.5) is 4.39 Å². The predicted molar refractivity (Wildman–Crippen MR) is 146 cm³/mol. The Balaban J connectivity index is 0.00000361. The first-order valence-corrected chi connectivity index (χ1v) is 11.8. The van der Waals surface area contributed by atoms with Crippen molar-refractivity contribution in [2.24, 2.45) is 0 Å². The number of methoxy groups -OCH3 is 1. The molecule has 0 aliphatic rings. The number of rotatable bonds is 9. The van der Waals surface area contributed by atoms with E-state index in [1.807, 2.05) is 42.5 Å². The van der Waals surface area contributed by atoms with Crippen molar-refractivity contribution in [3.05, 3.63) is 101 Å². The highest BCUT2D eigenvalue weighted by Gasteiger charge is 2.16. The van der Waals surface area contributed by atoms with Crippen molar-refractivity contribution in [1.82, 2.24) is 5.32 Å². The highest BCUT2D eigenvalue weighted by atomic mass is 35.5. The molecule has 0 aromatic heterocycles. The molecule has 0 radical (unpaired) electrons. The van der Waals surface area contributed by atoms with Crippen LogP contribution in [0.1, 0.15) is 49.0 Å². The number of aliphatic carboxylic acids is 1. The summed E-state index contributed by atoms with van der Waals surface area (Å²) in [7, 11) is 1.66. The van der Waals surface area contributed by atoms with Gasteiger partial charge in [-0.15, -0.1) is 12.4 Å². The lowest BCUT2D eigenvalue weighted by Gasteiger charge is -2.22. The van der Waals surface area contributed by atoms with Gasteiger partial charge in [0.1, 0.15) is 11.6 Å². The van der Waals surface area contributed by atoms with Gasteiger partial charge in [-0.1, -0.05) is 48.5 Å². The minimum atomic E-state index is -0.933. The number of fused-ring (bicyclic) bond motifs is 1. The van der Waals surface area contributed by atoms with Crippen molar-refractivity contribution in [3.8, 4) is 16.9 Å². The van der Waals surface area contributed by atoms with Gasteiger partial charge >= 0.3 is 5.97 Å². The lowest BCUT2D eigenvalue weighted by Crippen LogP contribution is -2.22. The van der Waals surface area contributed by atoms with Crippen LogP contribution in [0.5, 0.6) is 5.75 Å². The minimum Gasteiger partial charge on any atom is -0.497 e. The molecule has 0 heterocycles. The number of ether oxygens (including phenoxy) is 1. The molecule has 0 aliphatic heterocycles. The predicted octanol–water partition coefficient (Wildman–Crippen LogP) is 7.51. The number of halogens is 2. The molecular formula is C30H31ClFNO3. The summed E-state index contributed by atoms with van der Waals surface area (Å²) in [5.74, 6) is -0.487. The van der Waals surface area contributed by atoms with Gasteiger partial charge in [-0.2, -0.15) is 0 Å². The number of benzene rings is 4. The van der Waals surface area contributed by atoms with Gasteiger partial charge in [0, 0.05) is 18.5 Å². The topological polar surface area (TPSA) is 58.6 Å². The molecule has 1 unspecified atom stereocenters. The number of nitrogens with one attached hydrogen (secondary N) is 1. The molecule has 4 aromatic rings. The van der Waals surface area contributed by atoms with Crippen molar-refractivity contribution < 1.29 is 19.0 Å². The van der Waals surface area contributed by atoms with E-state index in [2.05, 4.69) is 43.4 Å². The maximum Gasteiger partial charge on any atom is 0.303 e. The zero-order chi connectivity index (χ0) is 24.9. The van der Waals surface area contributed by atoms with Crippen LogP contribution >= 0.6 is 12.4 Å². The van der Waals surface area contributed by atoms with E-state index in [9.17, 15) is 9.18 Å². The van der Waals surface area contributed by atoms with Gasteiger partial charge in [-0.25, -0.2) is 4.39 Å². The molecule has 0 saturated carbocycles. The molecule has 4 rings (SSSR count). The molecule has 0 aliphatic carbocycles. The molecule has 0 amide bonds. The number of hydrogen-bond acceptors (Lipinski definition) is 3. The smallest absolute Gasteiger partial charge is 0.303 e. The summed E-state index contributed by atoms with van der Waals surface area (Å²) in [6, 6.07) is 25.6. The summed E-state index contributed by atoms with van der Waals surface area (Å²) in [5.41, 5.74) is 4.37. The van der Waals surface area contributed by atoms with Gasteiger partial charge in [0.25, 0.3) is 0 Å². The first-order chi connectivity index (χ1) is 16.9. The second-order valence-electron chi connectivity index (χ2n) is 8.88. The Hall–Kier alpha value is -3.41. The maximum atomic E-state index is 14.9. The van der Waals surface area contributed by atoms with Crippen LogP contribution in [-0.4, -0.2) is 18.2 Å². The van der Waals surface area contributed by atoms with Crippen molar-refractivity contribution in [1.29, 1.82) is 0 Å². The average molecular weight is 508 g/mol. The van der Waals surface area contributed by atoms with Crippen LogP contribution in [0, 0.1) is 5.82 Å². The number of carbonyl (C=O) groups is 1. The molecule has 6 heteroatoms. The second kappa shape index (κ2) is 12.0. The van der Waals surface area contributed by atoms with Crippen molar-refractivity contribution in [3.63, 3.8) is 0 Å². The largest absolute Gasteiger partial charge is 0.497 e. The molecule has 4 aromatic carbocycles. The fourth-order valence-corrected chi connectivity index (χ4v) is 4.46. The highest BCUT2D eigenvalue weighted by Crippen LogP contribution is 2.34. The Morgan fingerprint density at radius 1 is 0.944 bits per heavy atom. The van der Waals surface area contributed by atoms with Gasteiger partial charge in [0.15, 0.2) is 0 Å². The highest BCUT2D eigenvalue weighted by molar-refractivity contribution is 5.97. The Morgan fingerprint density at radius 3 is 2.42 bits per heavy atom. The first-order valence-electron chi connectivity index (χ1n) is 11.8. The average Bonchev–Trinajstić information content (AvgIpc) is 2.87. The fraction of sp³-hybridized carbons (Fsp3) is 0.233. The molecule has 0 bridgehead atoms. The summed E-state index contributed by atoms with van der Waals surface area (Å²) in [5, 5.41) is 14.7. The number of aryl methyl sites for hydroxylation is 1. The van der Waals surface area contributed by atoms with E-state index in [0.29, 0.717) is 5.56 Å². The molecule has 0 fully saturated rings. The zero-order valence-corrected chi connectivity index (χ0v) is 21.4. The molecular weight excluding hydrogens is 477 g/mol. The minimum absolute atomic E-state index is 0. The van der Waals surface area contributed by atoms with Gasteiger partial charge in [0.2, 0.25) is 0 Å². The van der Waals surface area contributed by atoms with E-state index in [-0.39, 0.29) is 43.1 Å².